The van der Waals surface area contributed by atoms with Crippen molar-refractivity contribution in [3.05, 3.63) is 22.2 Å². The van der Waals surface area contributed by atoms with E-state index in [1.807, 2.05) is 24.8 Å². The fourth-order valence-electron chi connectivity index (χ4n) is 1.80. The van der Waals surface area contributed by atoms with Crippen LogP contribution in [0.4, 0.5) is 0 Å². The van der Waals surface area contributed by atoms with Gasteiger partial charge in [0.2, 0.25) is 5.91 Å². The van der Waals surface area contributed by atoms with Gasteiger partial charge in [0.15, 0.2) is 11.5 Å². The molecule has 0 aliphatic heterocycles. The number of benzene rings is 1. The Morgan fingerprint density at radius 2 is 2.15 bits per heavy atom. The second-order valence-corrected chi connectivity index (χ2v) is 5.19. The predicted molar refractivity (Wildman–Crippen MR) is 82.0 cm³/mol. The summed E-state index contributed by atoms with van der Waals surface area (Å²) in [5.74, 6) is 0.535. The van der Waals surface area contributed by atoms with Gasteiger partial charge in [0.25, 0.3) is 0 Å². The van der Waals surface area contributed by atoms with Gasteiger partial charge in [0.05, 0.1) is 17.6 Å². The van der Waals surface area contributed by atoms with Gasteiger partial charge >= 0.3 is 0 Å². The molecule has 2 N–H and O–H groups in total. The Labute approximate surface area is 128 Å². The van der Waals surface area contributed by atoms with E-state index in [9.17, 15) is 9.90 Å². The number of amides is 1. The second-order valence-electron chi connectivity index (χ2n) is 4.33. The van der Waals surface area contributed by atoms with Gasteiger partial charge in [-0.25, -0.2) is 0 Å². The van der Waals surface area contributed by atoms with E-state index in [0.717, 1.165) is 12.1 Å². The van der Waals surface area contributed by atoms with Crippen molar-refractivity contribution in [2.45, 2.75) is 20.4 Å². The van der Waals surface area contributed by atoms with Crippen LogP contribution in [-0.4, -0.2) is 42.7 Å². The summed E-state index contributed by atoms with van der Waals surface area (Å²) >= 11 is 3.32. The molecule has 6 heteroatoms. The summed E-state index contributed by atoms with van der Waals surface area (Å²) in [6.45, 7) is 6.07. The summed E-state index contributed by atoms with van der Waals surface area (Å²) in [7, 11) is 1.63. The zero-order chi connectivity index (χ0) is 15.1. The first-order chi connectivity index (χ1) is 9.51. The average molecular weight is 345 g/mol. The number of likely N-dealkylation sites (N-methyl/N-ethyl adjacent to an activating group) is 2. The van der Waals surface area contributed by atoms with Crippen molar-refractivity contribution in [1.82, 2.24) is 10.2 Å². The van der Waals surface area contributed by atoms with Gasteiger partial charge in [-0.3, -0.25) is 9.69 Å². The van der Waals surface area contributed by atoms with Crippen LogP contribution in [0.5, 0.6) is 11.5 Å². The maximum absolute atomic E-state index is 11.4. The molecule has 1 amide bonds. The molecule has 0 heterocycles. The Bertz CT molecular complexity index is 466. The number of hydrogen-bond acceptors (Lipinski definition) is 4. The van der Waals surface area contributed by atoms with Crippen molar-refractivity contribution in [2.24, 2.45) is 0 Å². The topological polar surface area (TPSA) is 61.8 Å². The third kappa shape index (κ3) is 4.68. The summed E-state index contributed by atoms with van der Waals surface area (Å²) < 4.78 is 5.99. The third-order valence-electron chi connectivity index (χ3n) is 2.89. The minimum atomic E-state index is -0.0188. The van der Waals surface area contributed by atoms with E-state index in [1.54, 1.807) is 13.1 Å². The van der Waals surface area contributed by atoms with Crippen LogP contribution in [0.3, 0.4) is 0 Å². The SMILES string of the molecule is CCOc1cc(CN(CC)CC(=O)NC)cc(Br)c1O. The van der Waals surface area contributed by atoms with Gasteiger partial charge < -0.3 is 15.2 Å². The van der Waals surface area contributed by atoms with E-state index < -0.39 is 0 Å². The van der Waals surface area contributed by atoms with Crippen molar-refractivity contribution < 1.29 is 14.6 Å². The molecule has 20 heavy (non-hydrogen) atoms. The van der Waals surface area contributed by atoms with Crippen molar-refractivity contribution in [1.29, 1.82) is 0 Å². The summed E-state index contributed by atoms with van der Waals surface area (Å²) in [6, 6.07) is 3.64. The summed E-state index contributed by atoms with van der Waals surface area (Å²) in [5.41, 5.74) is 0.976. The first-order valence-corrected chi connectivity index (χ1v) is 7.38. The number of nitrogens with zero attached hydrogens (tertiary/aromatic N) is 1. The lowest BCUT2D eigenvalue weighted by Crippen LogP contribution is -2.35. The van der Waals surface area contributed by atoms with E-state index in [0.29, 0.717) is 29.9 Å². The molecule has 1 aromatic carbocycles. The number of ether oxygens (including phenoxy) is 1. The van der Waals surface area contributed by atoms with Crippen LogP contribution >= 0.6 is 15.9 Å². The zero-order valence-electron chi connectivity index (χ0n) is 12.1. The van der Waals surface area contributed by atoms with Crippen LogP contribution in [0.25, 0.3) is 0 Å². The van der Waals surface area contributed by atoms with Crippen molar-refractivity contribution in [3.63, 3.8) is 0 Å². The minimum Gasteiger partial charge on any atom is -0.503 e. The molecule has 1 aromatic rings. The second kappa shape index (κ2) is 8.11. The van der Waals surface area contributed by atoms with E-state index in [4.69, 9.17) is 4.74 Å². The summed E-state index contributed by atoms with van der Waals surface area (Å²) in [4.78, 5) is 13.4. The molecule has 1 rings (SSSR count). The van der Waals surface area contributed by atoms with Crippen molar-refractivity contribution >= 4 is 21.8 Å². The van der Waals surface area contributed by atoms with Crippen molar-refractivity contribution in [3.8, 4) is 11.5 Å². The molecule has 0 unspecified atom stereocenters. The molecule has 0 aromatic heterocycles. The van der Waals surface area contributed by atoms with Crippen LogP contribution in [-0.2, 0) is 11.3 Å². The molecule has 0 fully saturated rings. The largest absolute Gasteiger partial charge is 0.503 e. The molecule has 112 valence electrons. The highest BCUT2D eigenvalue weighted by Crippen LogP contribution is 2.35. The molecule has 0 bridgehead atoms. The highest BCUT2D eigenvalue weighted by Gasteiger charge is 2.13. The van der Waals surface area contributed by atoms with E-state index in [-0.39, 0.29) is 11.7 Å². The molecule has 0 aliphatic rings. The Morgan fingerprint density at radius 1 is 1.45 bits per heavy atom. The van der Waals surface area contributed by atoms with Crippen LogP contribution < -0.4 is 10.1 Å². The van der Waals surface area contributed by atoms with Gasteiger partial charge in [0.1, 0.15) is 0 Å². The Kier molecular flexibility index (Phi) is 6.81. The Morgan fingerprint density at radius 3 is 2.70 bits per heavy atom. The van der Waals surface area contributed by atoms with Gasteiger partial charge in [-0.1, -0.05) is 6.92 Å². The lowest BCUT2D eigenvalue weighted by atomic mass is 10.2. The lowest BCUT2D eigenvalue weighted by Gasteiger charge is -2.20. The average Bonchev–Trinajstić information content (AvgIpc) is 2.43. The zero-order valence-corrected chi connectivity index (χ0v) is 13.7. The molecule has 0 atom stereocenters. The molecule has 0 saturated heterocycles. The fourth-order valence-corrected chi connectivity index (χ4v) is 2.29. The molecule has 0 radical (unpaired) electrons. The number of carbonyl (C=O) groups is 1. The van der Waals surface area contributed by atoms with Crippen LogP contribution in [0.15, 0.2) is 16.6 Å². The molecule has 0 saturated carbocycles. The molecule has 0 aliphatic carbocycles. The number of aromatic hydroxyl groups is 1. The maximum Gasteiger partial charge on any atom is 0.233 e. The quantitative estimate of drug-likeness (QED) is 0.795. The van der Waals surface area contributed by atoms with Crippen LogP contribution in [0, 0.1) is 0 Å². The number of hydrogen-bond donors (Lipinski definition) is 2. The molecular formula is C14H21BrN2O3. The summed E-state index contributed by atoms with van der Waals surface area (Å²) in [6.07, 6.45) is 0. The standard InChI is InChI=1S/C14H21BrN2O3/c1-4-17(9-13(18)16-3)8-10-6-11(15)14(19)12(7-10)20-5-2/h6-7,19H,4-5,8-9H2,1-3H3,(H,16,18). The van der Waals surface area contributed by atoms with Gasteiger partial charge in [-0.05, 0) is 47.1 Å². The Hall–Kier alpha value is -1.27. The van der Waals surface area contributed by atoms with Crippen LogP contribution in [0.2, 0.25) is 0 Å². The molecule has 0 spiro atoms. The van der Waals surface area contributed by atoms with E-state index >= 15 is 0 Å². The minimum absolute atomic E-state index is 0.0188. The Balaban J connectivity index is 2.87. The smallest absolute Gasteiger partial charge is 0.233 e. The van der Waals surface area contributed by atoms with Gasteiger partial charge in [-0.2, -0.15) is 0 Å². The maximum atomic E-state index is 11.4. The number of nitrogens with one attached hydrogen (secondary N) is 1. The first kappa shape index (κ1) is 16.8. The first-order valence-electron chi connectivity index (χ1n) is 6.58. The number of rotatable bonds is 7. The molecular weight excluding hydrogens is 324 g/mol. The highest BCUT2D eigenvalue weighted by molar-refractivity contribution is 9.10. The monoisotopic (exact) mass is 344 g/mol. The predicted octanol–water partition coefficient (Wildman–Crippen LogP) is 2.12. The number of phenolic OH excluding ortho intramolecular Hbond substituents is 1. The van der Waals surface area contributed by atoms with E-state index in [2.05, 4.69) is 21.2 Å². The van der Waals surface area contributed by atoms with Crippen molar-refractivity contribution in [2.75, 3.05) is 26.7 Å². The lowest BCUT2D eigenvalue weighted by molar-refractivity contribution is -0.121. The normalized spacial score (nSPS) is 10.7. The summed E-state index contributed by atoms with van der Waals surface area (Å²) in [5, 5.41) is 12.5. The molecule has 5 nitrogen and oxygen atoms in total. The highest BCUT2D eigenvalue weighted by atomic mass is 79.9. The number of phenols is 1. The fraction of sp³-hybridized carbons (Fsp3) is 0.500. The van der Waals surface area contributed by atoms with Crippen LogP contribution in [0.1, 0.15) is 19.4 Å². The number of halogens is 1. The van der Waals surface area contributed by atoms with Gasteiger partial charge in [0, 0.05) is 13.6 Å². The van der Waals surface area contributed by atoms with E-state index in [1.165, 1.54) is 0 Å². The number of carbonyl (C=O) groups excluding carboxylic acids is 1. The van der Waals surface area contributed by atoms with Gasteiger partial charge in [-0.15, -0.1) is 0 Å². The third-order valence-corrected chi connectivity index (χ3v) is 3.49.